The average Bonchev–Trinajstić information content (AvgIpc) is 3.15. The van der Waals surface area contributed by atoms with Crippen LogP contribution in [0.4, 0.5) is 0 Å². The standard InChI is InChI=1S/C23H25N3O5/c1-3-17(18-10-6-4-7-11-18)14-24-21(28)16(2)30-20(27)15-26-23(29)31-22(25-26)19-12-8-5-9-13-19/h4-13,16-17H,3,14-15H2,1-2H3,(H,24,28)/t16-,17-/m0/s1. The highest BCUT2D eigenvalue weighted by Crippen LogP contribution is 2.18. The lowest BCUT2D eigenvalue weighted by atomic mass is 9.96. The summed E-state index contributed by atoms with van der Waals surface area (Å²) in [6, 6.07) is 18.8. The van der Waals surface area contributed by atoms with Crippen LogP contribution in [0.5, 0.6) is 0 Å². The number of hydrogen-bond acceptors (Lipinski definition) is 6. The van der Waals surface area contributed by atoms with E-state index in [0.717, 1.165) is 16.7 Å². The van der Waals surface area contributed by atoms with Gasteiger partial charge in [0.2, 0.25) is 5.89 Å². The molecule has 0 saturated carbocycles. The van der Waals surface area contributed by atoms with E-state index in [2.05, 4.69) is 10.4 Å². The normalized spacial score (nSPS) is 12.7. The van der Waals surface area contributed by atoms with Crippen LogP contribution in [0.3, 0.4) is 0 Å². The van der Waals surface area contributed by atoms with Crippen LogP contribution < -0.4 is 11.1 Å². The van der Waals surface area contributed by atoms with Crippen molar-refractivity contribution < 1.29 is 18.7 Å². The second-order valence-electron chi connectivity index (χ2n) is 7.09. The third-order valence-electron chi connectivity index (χ3n) is 4.87. The van der Waals surface area contributed by atoms with Gasteiger partial charge in [-0.1, -0.05) is 55.5 Å². The predicted octanol–water partition coefficient (Wildman–Crippen LogP) is 2.75. The van der Waals surface area contributed by atoms with Gasteiger partial charge in [-0.3, -0.25) is 9.59 Å². The van der Waals surface area contributed by atoms with Crippen molar-refractivity contribution in [1.29, 1.82) is 0 Å². The highest BCUT2D eigenvalue weighted by molar-refractivity contribution is 5.83. The molecule has 3 aromatic rings. The van der Waals surface area contributed by atoms with E-state index in [-0.39, 0.29) is 11.8 Å². The first-order valence-electron chi connectivity index (χ1n) is 10.1. The van der Waals surface area contributed by atoms with Crippen LogP contribution in [0.15, 0.2) is 69.9 Å². The molecule has 1 heterocycles. The highest BCUT2D eigenvalue weighted by atomic mass is 16.5. The monoisotopic (exact) mass is 423 g/mol. The van der Waals surface area contributed by atoms with Crippen LogP contribution in [0.2, 0.25) is 0 Å². The number of rotatable bonds is 9. The summed E-state index contributed by atoms with van der Waals surface area (Å²) < 4.78 is 11.1. The first-order chi connectivity index (χ1) is 15.0. The lowest BCUT2D eigenvalue weighted by Gasteiger charge is -2.18. The number of benzene rings is 2. The molecular weight excluding hydrogens is 398 g/mol. The van der Waals surface area contributed by atoms with Gasteiger partial charge in [0.05, 0.1) is 0 Å². The van der Waals surface area contributed by atoms with Crippen molar-refractivity contribution in [2.45, 2.75) is 38.8 Å². The molecule has 0 spiro atoms. The molecule has 0 fully saturated rings. The van der Waals surface area contributed by atoms with Gasteiger partial charge in [0, 0.05) is 18.0 Å². The van der Waals surface area contributed by atoms with E-state index in [0.29, 0.717) is 12.1 Å². The van der Waals surface area contributed by atoms with Crippen molar-refractivity contribution in [1.82, 2.24) is 15.1 Å². The molecule has 0 saturated heterocycles. The number of nitrogens with one attached hydrogen (secondary N) is 1. The van der Waals surface area contributed by atoms with E-state index in [4.69, 9.17) is 9.15 Å². The van der Waals surface area contributed by atoms with E-state index in [1.807, 2.05) is 43.3 Å². The lowest BCUT2D eigenvalue weighted by Crippen LogP contribution is -2.38. The molecule has 31 heavy (non-hydrogen) atoms. The van der Waals surface area contributed by atoms with Gasteiger partial charge in [-0.05, 0) is 31.0 Å². The molecule has 1 N–H and O–H groups in total. The number of nitrogens with zero attached hydrogens (tertiary/aromatic N) is 2. The predicted molar refractivity (Wildman–Crippen MR) is 114 cm³/mol. The Kier molecular flexibility index (Phi) is 7.37. The summed E-state index contributed by atoms with van der Waals surface area (Å²) in [4.78, 5) is 36.5. The van der Waals surface area contributed by atoms with Crippen molar-refractivity contribution in [3.8, 4) is 11.5 Å². The van der Waals surface area contributed by atoms with Gasteiger partial charge in [0.25, 0.3) is 5.91 Å². The highest BCUT2D eigenvalue weighted by Gasteiger charge is 2.21. The Bertz CT molecular complexity index is 1060. The number of ether oxygens (including phenoxy) is 1. The SMILES string of the molecule is CC[C@@H](CNC(=O)[C@H](C)OC(=O)Cn1nc(-c2ccccc2)oc1=O)c1ccccc1. The first kappa shape index (κ1) is 22.0. The molecule has 2 aromatic carbocycles. The van der Waals surface area contributed by atoms with Gasteiger partial charge >= 0.3 is 11.7 Å². The summed E-state index contributed by atoms with van der Waals surface area (Å²) in [6.45, 7) is 3.52. The van der Waals surface area contributed by atoms with Crippen LogP contribution in [0.25, 0.3) is 11.5 Å². The summed E-state index contributed by atoms with van der Waals surface area (Å²) in [6.07, 6.45) is -0.144. The van der Waals surface area contributed by atoms with Crippen molar-refractivity contribution in [3.63, 3.8) is 0 Å². The van der Waals surface area contributed by atoms with Gasteiger partial charge in [-0.25, -0.2) is 4.79 Å². The molecule has 0 aliphatic heterocycles. The number of aromatic nitrogens is 2. The van der Waals surface area contributed by atoms with Crippen LogP contribution in [-0.2, 0) is 20.9 Å². The molecule has 1 amide bonds. The molecule has 0 radical (unpaired) electrons. The molecule has 0 bridgehead atoms. The molecule has 2 atom stereocenters. The summed E-state index contributed by atoms with van der Waals surface area (Å²) >= 11 is 0. The van der Waals surface area contributed by atoms with Gasteiger partial charge < -0.3 is 14.5 Å². The Morgan fingerprint density at radius 1 is 1.10 bits per heavy atom. The van der Waals surface area contributed by atoms with Crippen molar-refractivity contribution in [3.05, 3.63) is 76.8 Å². The number of amides is 1. The fourth-order valence-corrected chi connectivity index (χ4v) is 3.10. The maximum absolute atomic E-state index is 12.3. The zero-order chi connectivity index (χ0) is 22.2. The second kappa shape index (κ2) is 10.4. The van der Waals surface area contributed by atoms with E-state index >= 15 is 0 Å². The first-order valence-corrected chi connectivity index (χ1v) is 10.1. The van der Waals surface area contributed by atoms with Crippen LogP contribution >= 0.6 is 0 Å². The number of esters is 1. The van der Waals surface area contributed by atoms with Crippen LogP contribution in [0.1, 0.15) is 31.7 Å². The Balaban J connectivity index is 1.53. The number of carbonyl (C=O) groups excluding carboxylic acids is 2. The Morgan fingerprint density at radius 2 is 1.74 bits per heavy atom. The number of hydrogen-bond donors (Lipinski definition) is 1. The quantitative estimate of drug-likeness (QED) is 0.531. The summed E-state index contributed by atoms with van der Waals surface area (Å²) in [5.74, 6) is -1.66. The van der Waals surface area contributed by atoms with Crippen molar-refractivity contribution >= 4 is 11.9 Å². The number of carbonyl (C=O) groups is 2. The van der Waals surface area contributed by atoms with Gasteiger partial charge in [-0.2, -0.15) is 4.68 Å². The lowest BCUT2D eigenvalue weighted by molar-refractivity contribution is -0.155. The maximum Gasteiger partial charge on any atom is 0.437 e. The fraction of sp³-hybridized carbons (Fsp3) is 0.304. The smallest absolute Gasteiger partial charge is 0.437 e. The second-order valence-corrected chi connectivity index (χ2v) is 7.09. The van der Waals surface area contributed by atoms with E-state index in [1.165, 1.54) is 6.92 Å². The molecule has 1 aromatic heterocycles. The Hall–Kier alpha value is -3.68. The maximum atomic E-state index is 12.3. The van der Waals surface area contributed by atoms with E-state index < -0.39 is 30.3 Å². The molecule has 0 aliphatic carbocycles. The van der Waals surface area contributed by atoms with E-state index in [9.17, 15) is 14.4 Å². The summed E-state index contributed by atoms with van der Waals surface area (Å²) in [7, 11) is 0. The van der Waals surface area contributed by atoms with Crippen molar-refractivity contribution in [2.24, 2.45) is 0 Å². The van der Waals surface area contributed by atoms with Crippen LogP contribution in [0, 0.1) is 0 Å². The zero-order valence-electron chi connectivity index (χ0n) is 17.5. The Labute approximate surface area is 179 Å². The topological polar surface area (TPSA) is 103 Å². The molecule has 8 nitrogen and oxygen atoms in total. The average molecular weight is 423 g/mol. The molecule has 162 valence electrons. The fourth-order valence-electron chi connectivity index (χ4n) is 3.10. The Morgan fingerprint density at radius 3 is 2.39 bits per heavy atom. The molecule has 3 rings (SSSR count). The molecule has 0 aliphatic rings. The van der Waals surface area contributed by atoms with Crippen LogP contribution in [-0.4, -0.2) is 34.3 Å². The summed E-state index contributed by atoms with van der Waals surface area (Å²) in [5.41, 5.74) is 1.75. The minimum absolute atomic E-state index is 0.107. The van der Waals surface area contributed by atoms with Gasteiger partial charge in [0.1, 0.15) is 6.54 Å². The summed E-state index contributed by atoms with van der Waals surface area (Å²) in [5, 5.41) is 6.83. The van der Waals surface area contributed by atoms with Gasteiger partial charge in [-0.15, -0.1) is 5.10 Å². The third kappa shape index (κ3) is 5.91. The minimum atomic E-state index is -1.00. The minimum Gasteiger partial charge on any atom is -0.451 e. The molecule has 0 unspecified atom stereocenters. The molecular formula is C23H25N3O5. The van der Waals surface area contributed by atoms with Crippen molar-refractivity contribution in [2.75, 3.05) is 6.54 Å². The van der Waals surface area contributed by atoms with E-state index in [1.54, 1.807) is 24.3 Å². The zero-order valence-corrected chi connectivity index (χ0v) is 17.5. The largest absolute Gasteiger partial charge is 0.451 e. The molecule has 8 heteroatoms. The third-order valence-corrected chi connectivity index (χ3v) is 4.87. The van der Waals surface area contributed by atoms with Gasteiger partial charge in [0.15, 0.2) is 6.10 Å².